The summed E-state index contributed by atoms with van der Waals surface area (Å²) < 4.78 is 11.6. The smallest absolute Gasteiger partial charge is 0.106 e. The summed E-state index contributed by atoms with van der Waals surface area (Å²) in [4.78, 5) is 0. The Morgan fingerprint density at radius 3 is 2.72 bits per heavy atom. The van der Waals surface area contributed by atoms with E-state index in [1.54, 1.807) is 6.92 Å². The highest BCUT2D eigenvalue weighted by Gasteiger charge is 2.43. The molecule has 2 rings (SSSR count). The highest BCUT2D eigenvalue weighted by molar-refractivity contribution is 4.92. The molecule has 2 N–H and O–H groups in total. The van der Waals surface area contributed by atoms with E-state index in [-0.39, 0.29) is 24.4 Å². The molecule has 6 atom stereocenters. The van der Waals surface area contributed by atoms with E-state index in [2.05, 4.69) is 6.07 Å². The summed E-state index contributed by atoms with van der Waals surface area (Å²) in [6, 6.07) is 2.13. The maximum Gasteiger partial charge on any atom is 0.106 e. The minimum absolute atomic E-state index is 0.000780. The molecule has 2 aliphatic rings. The van der Waals surface area contributed by atoms with Gasteiger partial charge in [0.2, 0.25) is 0 Å². The van der Waals surface area contributed by atoms with Gasteiger partial charge in [0.05, 0.1) is 36.6 Å². The number of rotatable bonds is 4. The summed E-state index contributed by atoms with van der Waals surface area (Å²) in [6.45, 7) is 1.56. The van der Waals surface area contributed by atoms with Gasteiger partial charge >= 0.3 is 0 Å². The van der Waals surface area contributed by atoms with E-state index >= 15 is 0 Å². The predicted molar refractivity (Wildman–Crippen MR) is 63.7 cm³/mol. The lowest BCUT2D eigenvalue weighted by Gasteiger charge is -2.31. The van der Waals surface area contributed by atoms with Gasteiger partial charge in [-0.1, -0.05) is 0 Å². The van der Waals surface area contributed by atoms with Gasteiger partial charge in [0.25, 0.3) is 0 Å². The van der Waals surface area contributed by atoms with E-state index in [9.17, 15) is 10.2 Å². The third kappa shape index (κ3) is 3.01. The van der Waals surface area contributed by atoms with Crippen molar-refractivity contribution >= 4 is 0 Å². The van der Waals surface area contributed by atoms with Crippen LogP contribution >= 0.6 is 0 Å². The van der Waals surface area contributed by atoms with Crippen LogP contribution in [-0.4, -0.2) is 46.8 Å². The monoisotopic (exact) mass is 255 g/mol. The van der Waals surface area contributed by atoms with Crippen molar-refractivity contribution in [3.8, 4) is 6.07 Å². The quantitative estimate of drug-likeness (QED) is 0.774. The molecule has 2 fully saturated rings. The zero-order valence-corrected chi connectivity index (χ0v) is 10.7. The molecule has 0 bridgehead atoms. The van der Waals surface area contributed by atoms with Crippen LogP contribution < -0.4 is 0 Å². The lowest BCUT2D eigenvalue weighted by Crippen LogP contribution is -2.35. The lowest BCUT2D eigenvalue weighted by molar-refractivity contribution is -0.117. The number of nitriles is 1. The van der Waals surface area contributed by atoms with Crippen molar-refractivity contribution in [1.29, 1.82) is 5.26 Å². The number of fused-ring (bicyclic) bond motifs is 1. The Bertz CT molecular complexity index is 315. The molecule has 5 heteroatoms. The fourth-order valence-corrected chi connectivity index (χ4v) is 2.78. The normalized spacial score (nSPS) is 38.8. The van der Waals surface area contributed by atoms with Crippen LogP contribution in [0.25, 0.3) is 0 Å². The van der Waals surface area contributed by atoms with E-state index in [0.29, 0.717) is 12.8 Å². The van der Waals surface area contributed by atoms with Crippen molar-refractivity contribution in [3.63, 3.8) is 0 Å². The zero-order chi connectivity index (χ0) is 13.1. The average molecular weight is 255 g/mol. The van der Waals surface area contributed by atoms with Crippen LogP contribution in [0.4, 0.5) is 0 Å². The van der Waals surface area contributed by atoms with E-state index in [4.69, 9.17) is 14.7 Å². The van der Waals surface area contributed by atoms with Crippen LogP contribution in [0.5, 0.6) is 0 Å². The summed E-state index contributed by atoms with van der Waals surface area (Å²) in [6.07, 6.45) is 1.91. The molecule has 4 unspecified atom stereocenters. The molecular weight excluding hydrogens is 234 g/mol. The Morgan fingerprint density at radius 1 is 1.28 bits per heavy atom. The summed E-state index contributed by atoms with van der Waals surface area (Å²) in [5, 5.41) is 27.8. The van der Waals surface area contributed by atoms with Crippen molar-refractivity contribution in [2.45, 2.75) is 75.7 Å². The second kappa shape index (κ2) is 5.98. The van der Waals surface area contributed by atoms with Crippen molar-refractivity contribution in [2.75, 3.05) is 0 Å². The summed E-state index contributed by atoms with van der Waals surface area (Å²) in [7, 11) is 0. The molecule has 0 aliphatic carbocycles. The number of nitrogens with zero attached hydrogens (tertiary/aromatic N) is 1. The first-order valence-electron chi connectivity index (χ1n) is 6.65. The molecule has 0 aromatic carbocycles. The van der Waals surface area contributed by atoms with Crippen molar-refractivity contribution in [1.82, 2.24) is 0 Å². The van der Waals surface area contributed by atoms with Gasteiger partial charge in [-0.25, -0.2) is 0 Å². The average Bonchev–Trinajstić information content (AvgIpc) is 2.77. The largest absolute Gasteiger partial charge is 0.391 e. The molecule has 0 aromatic rings. The molecule has 2 aliphatic heterocycles. The molecule has 0 saturated carbocycles. The first kappa shape index (κ1) is 13.8. The molecular formula is C13H21NO4. The highest BCUT2D eigenvalue weighted by Crippen LogP contribution is 2.35. The first-order chi connectivity index (χ1) is 8.61. The summed E-state index contributed by atoms with van der Waals surface area (Å²) >= 11 is 0. The third-order valence-electron chi connectivity index (χ3n) is 3.82. The maximum absolute atomic E-state index is 9.81. The molecule has 102 valence electrons. The van der Waals surface area contributed by atoms with Crippen LogP contribution in [0.1, 0.15) is 39.0 Å². The fourth-order valence-electron chi connectivity index (χ4n) is 2.78. The van der Waals surface area contributed by atoms with Crippen LogP contribution in [0.2, 0.25) is 0 Å². The number of aliphatic hydroxyl groups excluding tert-OH is 2. The highest BCUT2D eigenvalue weighted by atomic mass is 16.6. The second-order valence-electron chi connectivity index (χ2n) is 5.25. The van der Waals surface area contributed by atoms with E-state index < -0.39 is 12.2 Å². The van der Waals surface area contributed by atoms with E-state index in [1.165, 1.54) is 0 Å². The number of ether oxygens (including phenoxy) is 2. The van der Waals surface area contributed by atoms with Crippen LogP contribution in [0, 0.1) is 11.3 Å². The van der Waals surface area contributed by atoms with Gasteiger partial charge in [-0.3, -0.25) is 0 Å². The third-order valence-corrected chi connectivity index (χ3v) is 3.82. The minimum atomic E-state index is -0.850. The standard InChI is InChI=1S/C13H21NO4/c1-8(15)13(16)12-7-11-10(18-12)5-4-9(17-11)3-2-6-14/h8-13,15-16H,2-5,7H2,1H3/t8-,9?,10+,11?,12?,13?/m1/s1. The Morgan fingerprint density at radius 2 is 2.06 bits per heavy atom. The Kier molecular flexibility index (Phi) is 4.57. The number of aliphatic hydroxyl groups is 2. The number of hydrogen-bond donors (Lipinski definition) is 2. The number of hydrogen-bond acceptors (Lipinski definition) is 5. The Hall–Kier alpha value is -0.670. The molecule has 5 nitrogen and oxygen atoms in total. The molecule has 2 heterocycles. The Balaban J connectivity index is 1.85. The Labute approximate surface area is 107 Å². The lowest BCUT2D eigenvalue weighted by atomic mass is 9.96. The maximum atomic E-state index is 9.81. The topological polar surface area (TPSA) is 82.7 Å². The molecule has 0 aromatic heterocycles. The van der Waals surface area contributed by atoms with Crippen molar-refractivity contribution < 1.29 is 19.7 Å². The molecule has 0 radical (unpaired) electrons. The molecule has 0 amide bonds. The fraction of sp³-hybridized carbons (Fsp3) is 0.923. The van der Waals surface area contributed by atoms with Gasteiger partial charge in [0, 0.05) is 12.8 Å². The summed E-state index contributed by atoms with van der Waals surface area (Å²) in [5.74, 6) is 0. The summed E-state index contributed by atoms with van der Waals surface area (Å²) in [5.41, 5.74) is 0. The van der Waals surface area contributed by atoms with Crippen LogP contribution in [0.3, 0.4) is 0 Å². The second-order valence-corrected chi connectivity index (χ2v) is 5.25. The van der Waals surface area contributed by atoms with Gasteiger partial charge in [0.15, 0.2) is 0 Å². The zero-order valence-electron chi connectivity index (χ0n) is 10.7. The van der Waals surface area contributed by atoms with Gasteiger partial charge in [-0.2, -0.15) is 5.26 Å². The first-order valence-corrected chi connectivity index (χ1v) is 6.65. The van der Waals surface area contributed by atoms with Crippen molar-refractivity contribution in [2.24, 2.45) is 0 Å². The van der Waals surface area contributed by atoms with Gasteiger partial charge in [-0.05, 0) is 26.2 Å². The van der Waals surface area contributed by atoms with E-state index in [1.807, 2.05) is 0 Å². The van der Waals surface area contributed by atoms with Gasteiger partial charge in [0.1, 0.15) is 6.10 Å². The predicted octanol–water partition coefficient (Wildman–Crippen LogP) is 0.737. The molecule has 0 spiro atoms. The van der Waals surface area contributed by atoms with Gasteiger partial charge in [-0.15, -0.1) is 0 Å². The van der Waals surface area contributed by atoms with E-state index in [0.717, 1.165) is 19.3 Å². The van der Waals surface area contributed by atoms with Crippen LogP contribution in [-0.2, 0) is 9.47 Å². The van der Waals surface area contributed by atoms with Crippen LogP contribution in [0.15, 0.2) is 0 Å². The van der Waals surface area contributed by atoms with Gasteiger partial charge < -0.3 is 19.7 Å². The van der Waals surface area contributed by atoms with Crippen molar-refractivity contribution in [3.05, 3.63) is 0 Å². The SMILES string of the molecule is C[C@@H](O)C(O)C1CC2OC(CCC#N)CC[C@@H]2O1. The molecule has 18 heavy (non-hydrogen) atoms. The minimum Gasteiger partial charge on any atom is -0.391 e. The molecule has 2 saturated heterocycles.